The molecule has 37 heavy (non-hydrogen) atoms. The van der Waals surface area contributed by atoms with E-state index in [0.717, 1.165) is 16.8 Å². The number of halogens is 1. The van der Waals surface area contributed by atoms with Crippen LogP contribution in [0.3, 0.4) is 0 Å². The Labute approximate surface area is 212 Å². The van der Waals surface area contributed by atoms with Gasteiger partial charge < -0.3 is 15.0 Å². The number of aliphatic hydroxyl groups excluding tert-OH is 1. The summed E-state index contributed by atoms with van der Waals surface area (Å²) in [5.41, 5.74) is 4.85. The molecule has 0 unspecified atom stereocenters. The molecule has 0 saturated heterocycles. The van der Waals surface area contributed by atoms with Crippen LogP contribution in [0.4, 0.5) is 4.39 Å². The van der Waals surface area contributed by atoms with Crippen LogP contribution in [-0.4, -0.2) is 53.7 Å². The van der Waals surface area contributed by atoms with E-state index in [4.69, 9.17) is 10.1 Å². The zero-order valence-electron chi connectivity index (χ0n) is 20.0. The molecule has 3 heterocycles. The summed E-state index contributed by atoms with van der Waals surface area (Å²) in [6.45, 7) is 0.406. The third-order valence-electron chi connectivity index (χ3n) is 5.88. The van der Waals surface area contributed by atoms with Gasteiger partial charge in [-0.05, 0) is 61.0 Å². The normalized spacial score (nSPS) is 11.0. The summed E-state index contributed by atoms with van der Waals surface area (Å²) in [5.74, 6) is 0.0265. The van der Waals surface area contributed by atoms with Crippen LogP contribution >= 0.6 is 0 Å². The minimum Gasteiger partial charge on any atom is -0.396 e. The SMILES string of the molecule is Cn1c(-c2cn(-c3cccc(C(=O)NCCCO)c3)nn2)nc(-c2ccc(F)cc2)c1-c1ccncc1. The van der Waals surface area contributed by atoms with E-state index in [0.29, 0.717) is 41.4 Å². The Morgan fingerprint density at radius 2 is 1.84 bits per heavy atom. The predicted octanol–water partition coefficient (Wildman–Crippen LogP) is 3.65. The van der Waals surface area contributed by atoms with Crippen LogP contribution in [0.15, 0.2) is 79.3 Å². The van der Waals surface area contributed by atoms with Crippen molar-refractivity contribution in [1.29, 1.82) is 0 Å². The predicted molar refractivity (Wildman–Crippen MR) is 136 cm³/mol. The molecule has 3 aromatic heterocycles. The first-order chi connectivity index (χ1) is 18.0. The van der Waals surface area contributed by atoms with Crippen LogP contribution in [-0.2, 0) is 7.05 Å². The highest BCUT2D eigenvalue weighted by atomic mass is 19.1. The quantitative estimate of drug-likeness (QED) is 0.317. The van der Waals surface area contributed by atoms with Gasteiger partial charge in [0.15, 0.2) is 5.82 Å². The van der Waals surface area contributed by atoms with E-state index in [9.17, 15) is 9.18 Å². The van der Waals surface area contributed by atoms with Crippen LogP contribution < -0.4 is 5.32 Å². The van der Waals surface area contributed by atoms with E-state index in [1.54, 1.807) is 53.6 Å². The molecule has 2 N–H and O–H groups in total. The fraction of sp³-hybridized carbons (Fsp3) is 0.148. The minimum atomic E-state index is -0.322. The third kappa shape index (κ3) is 5.00. The maximum absolute atomic E-state index is 13.6. The number of pyridine rings is 1. The number of amides is 1. The average Bonchev–Trinajstić information content (AvgIpc) is 3.55. The van der Waals surface area contributed by atoms with Gasteiger partial charge in [-0.15, -0.1) is 5.10 Å². The second kappa shape index (κ2) is 10.5. The molecule has 186 valence electrons. The number of benzene rings is 2. The Bertz CT molecular complexity index is 1530. The Morgan fingerprint density at radius 1 is 1.05 bits per heavy atom. The van der Waals surface area contributed by atoms with Crippen molar-refractivity contribution in [1.82, 2.24) is 34.8 Å². The number of nitrogens with zero attached hydrogens (tertiary/aromatic N) is 6. The van der Waals surface area contributed by atoms with Crippen molar-refractivity contribution in [2.45, 2.75) is 6.42 Å². The van der Waals surface area contributed by atoms with Crippen molar-refractivity contribution < 1.29 is 14.3 Å². The highest BCUT2D eigenvalue weighted by molar-refractivity contribution is 5.94. The lowest BCUT2D eigenvalue weighted by Crippen LogP contribution is -2.25. The fourth-order valence-electron chi connectivity index (χ4n) is 4.04. The monoisotopic (exact) mass is 497 g/mol. The minimum absolute atomic E-state index is 0.0149. The van der Waals surface area contributed by atoms with E-state index in [2.05, 4.69) is 20.6 Å². The van der Waals surface area contributed by atoms with Crippen LogP contribution in [0.25, 0.3) is 39.7 Å². The molecule has 9 nitrogen and oxygen atoms in total. The molecule has 2 aromatic carbocycles. The summed E-state index contributed by atoms with van der Waals surface area (Å²) in [7, 11) is 1.89. The number of aliphatic hydroxyl groups is 1. The lowest BCUT2D eigenvalue weighted by Gasteiger charge is -2.07. The van der Waals surface area contributed by atoms with Gasteiger partial charge in [-0.1, -0.05) is 11.3 Å². The van der Waals surface area contributed by atoms with Gasteiger partial charge in [-0.3, -0.25) is 9.78 Å². The molecule has 0 aliphatic carbocycles. The van der Waals surface area contributed by atoms with Crippen LogP contribution in [0, 0.1) is 5.82 Å². The summed E-state index contributed by atoms with van der Waals surface area (Å²) < 4.78 is 17.1. The fourth-order valence-corrected chi connectivity index (χ4v) is 4.04. The van der Waals surface area contributed by atoms with Gasteiger partial charge in [0, 0.05) is 49.3 Å². The first-order valence-corrected chi connectivity index (χ1v) is 11.7. The Balaban J connectivity index is 1.52. The second-order valence-corrected chi connectivity index (χ2v) is 8.37. The summed E-state index contributed by atoms with van der Waals surface area (Å²) >= 11 is 0. The molecule has 0 radical (unpaired) electrons. The van der Waals surface area contributed by atoms with Crippen molar-refractivity contribution in [2.75, 3.05) is 13.2 Å². The highest BCUT2D eigenvalue weighted by Gasteiger charge is 2.21. The molecule has 0 bridgehead atoms. The van der Waals surface area contributed by atoms with E-state index < -0.39 is 0 Å². The lowest BCUT2D eigenvalue weighted by atomic mass is 10.1. The van der Waals surface area contributed by atoms with Gasteiger partial charge in [0.2, 0.25) is 0 Å². The zero-order valence-corrected chi connectivity index (χ0v) is 20.0. The second-order valence-electron chi connectivity index (χ2n) is 8.37. The number of hydrogen-bond acceptors (Lipinski definition) is 6. The number of carbonyl (C=O) groups is 1. The van der Waals surface area contributed by atoms with Gasteiger partial charge in [0.05, 0.1) is 23.3 Å². The third-order valence-corrected chi connectivity index (χ3v) is 5.88. The van der Waals surface area contributed by atoms with Crippen molar-refractivity contribution in [3.05, 3.63) is 90.6 Å². The van der Waals surface area contributed by atoms with Crippen molar-refractivity contribution in [2.24, 2.45) is 7.05 Å². The number of imidazole rings is 1. The van der Waals surface area contributed by atoms with E-state index in [1.807, 2.05) is 29.8 Å². The summed E-state index contributed by atoms with van der Waals surface area (Å²) in [4.78, 5) is 21.4. The smallest absolute Gasteiger partial charge is 0.251 e. The van der Waals surface area contributed by atoms with E-state index in [1.165, 1.54) is 12.1 Å². The number of hydrogen-bond donors (Lipinski definition) is 2. The van der Waals surface area contributed by atoms with Gasteiger partial charge in [0.25, 0.3) is 5.91 Å². The summed E-state index contributed by atoms with van der Waals surface area (Å²) in [6, 6.07) is 17.0. The van der Waals surface area contributed by atoms with E-state index in [-0.39, 0.29) is 18.3 Å². The molecular formula is C27H24FN7O2. The Hall–Kier alpha value is -4.70. The van der Waals surface area contributed by atoms with Crippen LogP contribution in [0.5, 0.6) is 0 Å². The molecule has 0 atom stereocenters. The number of carbonyl (C=O) groups excluding carboxylic acids is 1. The van der Waals surface area contributed by atoms with Crippen LogP contribution in [0.1, 0.15) is 16.8 Å². The largest absolute Gasteiger partial charge is 0.396 e. The molecule has 1 amide bonds. The van der Waals surface area contributed by atoms with Gasteiger partial charge in [0.1, 0.15) is 11.5 Å². The summed E-state index contributed by atoms with van der Waals surface area (Å²) in [5, 5.41) is 20.3. The standard InChI is InChI=1S/C27H24FN7O2/c1-34-25(19-10-13-29-14-11-19)24(18-6-8-21(28)9-7-18)31-26(34)23-17-35(33-32-23)22-5-2-4-20(16-22)27(37)30-12-3-15-36/h2,4-11,13-14,16-17,36H,3,12,15H2,1H3,(H,30,37). The van der Waals surface area contributed by atoms with Gasteiger partial charge in [-0.25, -0.2) is 14.1 Å². The maximum atomic E-state index is 13.6. The first-order valence-electron chi connectivity index (χ1n) is 11.7. The first kappa shape index (κ1) is 24.0. The molecule has 0 aliphatic heterocycles. The lowest BCUT2D eigenvalue weighted by molar-refractivity contribution is 0.0951. The molecule has 10 heteroatoms. The topological polar surface area (TPSA) is 111 Å². The molecule has 0 aliphatic rings. The van der Waals surface area contributed by atoms with Crippen LogP contribution in [0.2, 0.25) is 0 Å². The maximum Gasteiger partial charge on any atom is 0.251 e. The molecule has 5 rings (SSSR count). The van der Waals surface area contributed by atoms with Crippen molar-refractivity contribution in [3.8, 4) is 39.7 Å². The van der Waals surface area contributed by atoms with Gasteiger partial charge in [-0.2, -0.15) is 0 Å². The molecule has 0 fully saturated rings. The van der Waals surface area contributed by atoms with Gasteiger partial charge >= 0.3 is 0 Å². The van der Waals surface area contributed by atoms with Crippen molar-refractivity contribution >= 4 is 5.91 Å². The summed E-state index contributed by atoms with van der Waals surface area (Å²) in [6.07, 6.45) is 5.65. The molecular weight excluding hydrogens is 473 g/mol. The molecule has 0 saturated carbocycles. The zero-order chi connectivity index (χ0) is 25.8. The molecule has 5 aromatic rings. The Morgan fingerprint density at radius 3 is 2.59 bits per heavy atom. The van der Waals surface area contributed by atoms with Crippen molar-refractivity contribution in [3.63, 3.8) is 0 Å². The molecule has 0 spiro atoms. The average molecular weight is 498 g/mol. The number of nitrogens with one attached hydrogen (secondary N) is 1. The number of aromatic nitrogens is 6. The van der Waals surface area contributed by atoms with E-state index >= 15 is 0 Å². The Kier molecular flexibility index (Phi) is 6.82. The highest BCUT2D eigenvalue weighted by Crippen LogP contribution is 2.35. The number of rotatable bonds is 8.